The third kappa shape index (κ3) is 8.01. The molecule has 0 saturated heterocycles. The number of amides is 2. The molecule has 5 aromatic rings. The zero-order valence-corrected chi connectivity index (χ0v) is 25.4. The van der Waals surface area contributed by atoms with Crippen LogP contribution in [0.4, 0.5) is 0 Å². The number of nitrogens with zero attached hydrogens (tertiary/aromatic N) is 2. The highest BCUT2D eigenvalue weighted by molar-refractivity contribution is 6.09. The van der Waals surface area contributed by atoms with E-state index in [4.69, 9.17) is 11.5 Å². The maximum absolute atomic E-state index is 13.8. The standard InChI is InChI=1S/C36H39N7O2/c1-24(28-16-8-11-25-10-2-3-13-29(25)28)42-35(45)33(17-9-21-41-36(37)38)43-34(44)32-19-18-26(30-14-4-5-15-31(30)32)22-39-23-27-12-6-7-20-40-27/h2-8,10-16,18-20,24,33,39H,9,17,21-23H2,1H3,(H,42,45)(H,43,44)(H4,37,38,41)/t24-,33?/m0/s1. The Hall–Kier alpha value is -5.28. The summed E-state index contributed by atoms with van der Waals surface area (Å²) in [6.07, 6.45) is 2.66. The molecule has 0 saturated carbocycles. The summed E-state index contributed by atoms with van der Waals surface area (Å²) in [7, 11) is 0. The highest BCUT2D eigenvalue weighted by Crippen LogP contribution is 2.25. The summed E-state index contributed by atoms with van der Waals surface area (Å²) in [6.45, 7) is 3.54. The van der Waals surface area contributed by atoms with Gasteiger partial charge in [0.2, 0.25) is 5.91 Å². The van der Waals surface area contributed by atoms with E-state index in [1.807, 2.05) is 104 Å². The maximum Gasteiger partial charge on any atom is 0.252 e. The van der Waals surface area contributed by atoms with Crippen molar-refractivity contribution in [2.75, 3.05) is 6.54 Å². The van der Waals surface area contributed by atoms with E-state index in [0.717, 1.165) is 38.4 Å². The molecule has 9 heteroatoms. The molecule has 45 heavy (non-hydrogen) atoms. The number of benzene rings is 4. The molecular weight excluding hydrogens is 562 g/mol. The van der Waals surface area contributed by atoms with E-state index in [0.29, 0.717) is 38.0 Å². The molecule has 230 valence electrons. The fraction of sp³-hybridized carbons (Fsp3) is 0.222. The summed E-state index contributed by atoms with van der Waals surface area (Å²) in [5.74, 6) is -0.599. The molecule has 9 nitrogen and oxygen atoms in total. The van der Waals surface area contributed by atoms with Gasteiger partial charge in [0.15, 0.2) is 5.96 Å². The van der Waals surface area contributed by atoms with Gasteiger partial charge in [-0.15, -0.1) is 0 Å². The van der Waals surface area contributed by atoms with Gasteiger partial charge >= 0.3 is 0 Å². The van der Waals surface area contributed by atoms with E-state index in [2.05, 4.69) is 25.9 Å². The highest BCUT2D eigenvalue weighted by atomic mass is 16.2. The Morgan fingerprint density at radius 3 is 2.31 bits per heavy atom. The van der Waals surface area contributed by atoms with Crippen molar-refractivity contribution < 1.29 is 9.59 Å². The number of nitrogens with two attached hydrogens (primary N) is 2. The van der Waals surface area contributed by atoms with Crippen molar-refractivity contribution in [1.82, 2.24) is 20.9 Å². The summed E-state index contributed by atoms with van der Waals surface area (Å²) in [4.78, 5) is 35.9. The minimum absolute atomic E-state index is 0.00861. The fourth-order valence-corrected chi connectivity index (χ4v) is 5.57. The maximum atomic E-state index is 13.8. The zero-order chi connectivity index (χ0) is 31.6. The second kappa shape index (κ2) is 14.9. The number of pyridine rings is 1. The van der Waals surface area contributed by atoms with Gasteiger partial charge in [-0.1, -0.05) is 78.9 Å². The number of hydrogen-bond acceptors (Lipinski definition) is 5. The summed E-state index contributed by atoms with van der Waals surface area (Å²) in [5, 5.41) is 13.5. The number of nitrogens with one attached hydrogen (secondary N) is 3. The van der Waals surface area contributed by atoms with Crippen LogP contribution < -0.4 is 27.4 Å². The van der Waals surface area contributed by atoms with Crippen LogP contribution in [0.2, 0.25) is 0 Å². The van der Waals surface area contributed by atoms with Gasteiger partial charge in [0, 0.05) is 31.4 Å². The molecule has 1 unspecified atom stereocenters. The third-order valence-electron chi connectivity index (χ3n) is 7.82. The summed E-state index contributed by atoms with van der Waals surface area (Å²) < 4.78 is 0. The molecule has 0 fully saturated rings. The van der Waals surface area contributed by atoms with Crippen molar-refractivity contribution in [2.45, 2.75) is 44.9 Å². The van der Waals surface area contributed by atoms with Crippen LogP contribution in [-0.2, 0) is 17.9 Å². The lowest BCUT2D eigenvalue weighted by atomic mass is 9.98. The van der Waals surface area contributed by atoms with Crippen LogP contribution in [0.5, 0.6) is 0 Å². The van der Waals surface area contributed by atoms with Gasteiger partial charge in [-0.2, -0.15) is 0 Å². The topological polar surface area (TPSA) is 148 Å². The van der Waals surface area contributed by atoms with E-state index >= 15 is 0 Å². The third-order valence-corrected chi connectivity index (χ3v) is 7.82. The van der Waals surface area contributed by atoms with Crippen LogP contribution in [-0.4, -0.2) is 35.3 Å². The zero-order valence-electron chi connectivity index (χ0n) is 25.4. The molecule has 2 amide bonds. The molecule has 1 aromatic heterocycles. The number of guanidine groups is 1. The van der Waals surface area contributed by atoms with Crippen LogP contribution in [0, 0.1) is 0 Å². The Labute approximate surface area is 263 Å². The van der Waals surface area contributed by atoms with E-state index in [9.17, 15) is 9.59 Å². The lowest BCUT2D eigenvalue weighted by molar-refractivity contribution is -0.123. The fourth-order valence-electron chi connectivity index (χ4n) is 5.57. The molecule has 2 atom stereocenters. The molecule has 0 aliphatic heterocycles. The van der Waals surface area contributed by atoms with Crippen LogP contribution in [0.25, 0.3) is 21.5 Å². The minimum Gasteiger partial charge on any atom is -0.370 e. The van der Waals surface area contributed by atoms with Gasteiger partial charge in [-0.3, -0.25) is 19.6 Å². The van der Waals surface area contributed by atoms with Gasteiger partial charge < -0.3 is 27.4 Å². The normalized spacial score (nSPS) is 12.4. The van der Waals surface area contributed by atoms with Crippen molar-refractivity contribution in [3.8, 4) is 0 Å². The van der Waals surface area contributed by atoms with Crippen LogP contribution in [0.1, 0.15) is 53.0 Å². The first-order valence-electron chi connectivity index (χ1n) is 15.2. The monoisotopic (exact) mass is 601 g/mol. The predicted molar refractivity (Wildman–Crippen MR) is 180 cm³/mol. The number of fused-ring (bicyclic) bond motifs is 2. The van der Waals surface area contributed by atoms with Crippen molar-refractivity contribution in [2.24, 2.45) is 16.5 Å². The molecule has 0 bridgehead atoms. The first kappa shape index (κ1) is 31.2. The molecule has 5 rings (SSSR count). The molecule has 0 radical (unpaired) electrons. The molecular formula is C36H39N7O2. The number of aromatic nitrogens is 1. The Morgan fingerprint density at radius 2 is 1.53 bits per heavy atom. The number of carbonyl (C=O) groups excluding carboxylic acids is 2. The van der Waals surface area contributed by atoms with Gasteiger partial charge in [0.05, 0.1) is 11.7 Å². The van der Waals surface area contributed by atoms with E-state index in [-0.39, 0.29) is 23.8 Å². The number of aliphatic imine (C=N–C) groups is 1. The highest BCUT2D eigenvalue weighted by Gasteiger charge is 2.24. The molecule has 0 aliphatic carbocycles. The predicted octanol–water partition coefficient (Wildman–Crippen LogP) is 4.71. The van der Waals surface area contributed by atoms with Crippen molar-refractivity contribution >= 4 is 39.3 Å². The SMILES string of the molecule is C[C@H](NC(=O)C(CCCN=C(N)N)NC(=O)c1ccc(CNCc2ccccn2)c2ccccc12)c1cccc2ccccc12. The van der Waals surface area contributed by atoms with Gasteiger partial charge in [-0.25, -0.2) is 0 Å². The Balaban J connectivity index is 1.33. The van der Waals surface area contributed by atoms with Crippen molar-refractivity contribution in [1.29, 1.82) is 0 Å². The molecule has 7 N–H and O–H groups in total. The second-order valence-electron chi connectivity index (χ2n) is 11.0. The smallest absolute Gasteiger partial charge is 0.252 e. The molecule has 4 aromatic carbocycles. The van der Waals surface area contributed by atoms with Crippen LogP contribution in [0.3, 0.4) is 0 Å². The second-order valence-corrected chi connectivity index (χ2v) is 11.0. The summed E-state index contributed by atoms with van der Waals surface area (Å²) >= 11 is 0. The van der Waals surface area contributed by atoms with Crippen molar-refractivity contribution in [3.05, 3.63) is 126 Å². The Bertz CT molecular complexity index is 1800. The first-order chi connectivity index (χ1) is 21.9. The quantitative estimate of drug-likeness (QED) is 0.0750. The average Bonchev–Trinajstić information content (AvgIpc) is 3.06. The Morgan fingerprint density at radius 1 is 0.800 bits per heavy atom. The van der Waals surface area contributed by atoms with Crippen LogP contribution in [0.15, 0.2) is 108 Å². The molecule has 0 spiro atoms. The van der Waals surface area contributed by atoms with Gasteiger partial charge in [0.1, 0.15) is 6.04 Å². The minimum atomic E-state index is -0.789. The summed E-state index contributed by atoms with van der Waals surface area (Å²) in [6, 6.07) is 30.5. The average molecular weight is 602 g/mol. The lowest BCUT2D eigenvalue weighted by Crippen LogP contribution is -2.47. The van der Waals surface area contributed by atoms with E-state index in [1.165, 1.54) is 0 Å². The van der Waals surface area contributed by atoms with Crippen LogP contribution >= 0.6 is 0 Å². The molecule has 1 heterocycles. The lowest BCUT2D eigenvalue weighted by Gasteiger charge is -2.23. The molecule has 0 aliphatic rings. The first-order valence-corrected chi connectivity index (χ1v) is 15.2. The number of hydrogen-bond donors (Lipinski definition) is 5. The van der Waals surface area contributed by atoms with E-state index in [1.54, 1.807) is 6.20 Å². The van der Waals surface area contributed by atoms with Gasteiger partial charge in [-0.05, 0) is 70.6 Å². The summed E-state index contributed by atoms with van der Waals surface area (Å²) in [5.41, 5.74) is 14.5. The number of carbonyl (C=O) groups is 2. The Kier molecular flexibility index (Phi) is 10.3. The van der Waals surface area contributed by atoms with E-state index < -0.39 is 6.04 Å². The largest absolute Gasteiger partial charge is 0.370 e. The van der Waals surface area contributed by atoms with Gasteiger partial charge in [0.25, 0.3) is 5.91 Å². The number of rotatable bonds is 13. The van der Waals surface area contributed by atoms with Crippen molar-refractivity contribution in [3.63, 3.8) is 0 Å².